The SMILES string of the molecule is Nc1ccc(Oc2cc(C#Cc3ccccc3)c3c(C#Cc4ccccc4)c(Oc4ccc(N)c(O)c4)ccc3c2C#Cc2ccccc2)cc1O. The first-order valence-corrected chi connectivity index (χ1v) is 16.3. The van der Waals surface area contributed by atoms with Gasteiger partial charge in [-0.05, 0) is 78.9 Å². The van der Waals surface area contributed by atoms with E-state index in [1.54, 1.807) is 24.3 Å². The summed E-state index contributed by atoms with van der Waals surface area (Å²) in [5, 5.41) is 22.2. The van der Waals surface area contributed by atoms with Crippen molar-refractivity contribution in [3.05, 3.63) is 179 Å². The van der Waals surface area contributed by atoms with Crippen LogP contribution in [0.2, 0.25) is 0 Å². The zero-order chi connectivity index (χ0) is 35.9. The van der Waals surface area contributed by atoms with Gasteiger partial charge in [-0.15, -0.1) is 0 Å². The third kappa shape index (κ3) is 7.46. The van der Waals surface area contributed by atoms with Crippen LogP contribution in [-0.2, 0) is 0 Å². The summed E-state index contributed by atoms with van der Waals surface area (Å²) in [4.78, 5) is 0. The highest BCUT2D eigenvalue weighted by Crippen LogP contribution is 2.41. The van der Waals surface area contributed by atoms with Gasteiger partial charge in [0.25, 0.3) is 0 Å². The maximum atomic E-state index is 10.4. The Morgan fingerprint density at radius 2 is 0.885 bits per heavy atom. The van der Waals surface area contributed by atoms with E-state index in [9.17, 15) is 10.2 Å². The molecule has 0 unspecified atom stereocenters. The third-order valence-corrected chi connectivity index (χ3v) is 8.01. The van der Waals surface area contributed by atoms with Crippen LogP contribution in [0, 0.1) is 35.5 Å². The average Bonchev–Trinajstić information content (AvgIpc) is 3.17. The van der Waals surface area contributed by atoms with E-state index in [1.807, 2.05) is 109 Å². The van der Waals surface area contributed by atoms with Crippen molar-refractivity contribution < 1.29 is 19.7 Å². The lowest BCUT2D eigenvalue weighted by Crippen LogP contribution is -1.98. The van der Waals surface area contributed by atoms with E-state index < -0.39 is 0 Å². The Balaban J connectivity index is 1.54. The van der Waals surface area contributed by atoms with Gasteiger partial charge in [0, 0.05) is 45.2 Å². The molecule has 0 radical (unpaired) electrons. The highest BCUT2D eigenvalue weighted by molar-refractivity contribution is 6.01. The maximum absolute atomic E-state index is 10.4. The molecule has 248 valence electrons. The van der Waals surface area contributed by atoms with Crippen molar-refractivity contribution in [2.75, 3.05) is 11.5 Å². The predicted molar refractivity (Wildman–Crippen MR) is 206 cm³/mol. The number of phenols is 2. The average molecular weight is 675 g/mol. The Morgan fingerprint density at radius 1 is 0.423 bits per heavy atom. The molecule has 7 aromatic rings. The van der Waals surface area contributed by atoms with Gasteiger partial charge in [-0.3, -0.25) is 0 Å². The van der Waals surface area contributed by atoms with Crippen LogP contribution in [0.25, 0.3) is 10.8 Å². The Bertz CT molecular complexity index is 2620. The number of hydrogen-bond acceptors (Lipinski definition) is 6. The summed E-state index contributed by atoms with van der Waals surface area (Å²) in [7, 11) is 0. The van der Waals surface area contributed by atoms with Gasteiger partial charge in [0.05, 0.1) is 22.5 Å². The maximum Gasteiger partial charge on any atom is 0.144 e. The topological polar surface area (TPSA) is 111 Å². The Morgan fingerprint density at radius 3 is 1.38 bits per heavy atom. The van der Waals surface area contributed by atoms with Gasteiger partial charge in [0.1, 0.15) is 34.5 Å². The second-order valence-corrected chi connectivity index (χ2v) is 11.7. The van der Waals surface area contributed by atoms with E-state index in [0.717, 1.165) is 16.7 Å². The van der Waals surface area contributed by atoms with Crippen LogP contribution in [0.1, 0.15) is 33.4 Å². The number of hydrogen-bond donors (Lipinski definition) is 4. The van der Waals surface area contributed by atoms with Crippen LogP contribution in [-0.4, -0.2) is 10.2 Å². The molecule has 0 aliphatic carbocycles. The third-order valence-electron chi connectivity index (χ3n) is 8.01. The van der Waals surface area contributed by atoms with Gasteiger partial charge in [0.15, 0.2) is 0 Å². The number of benzene rings is 7. The van der Waals surface area contributed by atoms with E-state index in [0.29, 0.717) is 50.5 Å². The van der Waals surface area contributed by atoms with E-state index >= 15 is 0 Å². The van der Waals surface area contributed by atoms with Crippen molar-refractivity contribution in [2.45, 2.75) is 0 Å². The van der Waals surface area contributed by atoms with Gasteiger partial charge >= 0.3 is 0 Å². The summed E-state index contributed by atoms with van der Waals surface area (Å²) >= 11 is 0. The van der Waals surface area contributed by atoms with Gasteiger partial charge in [-0.2, -0.15) is 0 Å². The lowest BCUT2D eigenvalue weighted by atomic mass is 9.93. The molecule has 0 bridgehead atoms. The van der Waals surface area contributed by atoms with E-state index in [1.165, 1.54) is 12.1 Å². The molecule has 0 saturated heterocycles. The summed E-state index contributed by atoms with van der Waals surface area (Å²) in [6.45, 7) is 0. The van der Waals surface area contributed by atoms with Crippen molar-refractivity contribution in [3.63, 3.8) is 0 Å². The van der Waals surface area contributed by atoms with Gasteiger partial charge in [-0.1, -0.05) is 90.1 Å². The number of aromatic hydroxyl groups is 2. The predicted octanol–water partition coefficient (Wildman–Crippen LogP) is 9.20. The smallest absolute Gasteiger partial charge is 0.144 e. The molecule has 0 atom stereocenters. The fourth-order valence-electron chi connectivity index (χ4n) is 5.40. The molecule has 6 nitrogen and oxygen atoms in total. The van der Waals surface area contributed by atoms with Crippen molar-refractivity contribution in [3.8, 4) is 70.0 Å². The minimum atomic E-state index is -0.103. The number of anilines is 2. The molecule has 0 aliphatic rings. The molecule has 0 fully saturated rings. The first kappa shape index (κ1) is 32.8. The zero-order valence-corrected chi connectivity index (χ0v) is 27.7. The molecule has 0 amide bonds. The fraction of sp³-hybridized carbons (Fsp3) is 0. The minimum absolute atomic E-state index is 0.0985. The second-order valence-electron chi connectivity index (χ2n) is 11.7. The van der Waals surface area contributed by atoms with Crippen molar-refractivity contribution in [2.24, 2.45) is 0 Å². The first-order valence-electron chi connectivity index (χ1n) is 16.3. The zero-order valence-electron chi connectivity index (χ0n) is 27.7. The number of nitrogens with two attached hydrogens (primary N) is 2. The molecule has 0 saturated carbocycles. The fourth-order valence-corrected chi connectivity index (χ4v) is 5.40. The number of rotatable bonds is 4. The Hall–Kier alpha value is -7.72. The standard InChI is InChI=1S/C46H30N2O4/c47-40-25-20-35(29-42(40)49)51-44-27-24-38-37(22-17-32-12-6-2-7-13-32)45(52-36-21-26-41(48)43(50)30-36)28-34(19-16-31-10-4-1-5-11-31)46(38)39(44)23-18-33-14-8-3-9-15-33/h1-15,20-21,24-30,49-50H,47-48H2. The van der Waals surface area contributed by atoms with Crippen molar-refractivity contribution >= 4 is 22.1 Å². The van der Waals surface area contributed by atoms with Crippen LogP contribution >= 0.6 is 0 Å². The van der Waals surface area contributed by atoms with Crippen molar-refractivity contribution in [1.82, 2.24) is 0 Å². The highest BCUT2D eigenvalue weighted by Gasteiger charge is 2.19. The highest BCUT2D eigenvalue weighted by atomic mass is 16.5. The molecular formula is C46H30N2O4. The Labute approximate surface area is 301 Å². The molecule has 0 spiro atoms. The normalized spacial score (nSPS) is 10.2. The first-order chi connectivity index (χ1) is 25.4. The van der Waals surface area contributed by atoms with Crippen LogP contribution in [0.3, 0.4) is 0 Å². The summed E-state index contributed by atoms with van der Waals surface area (Å²) in [5.74, 6) is 21.3. The minimum Gasteiger partial charge on any atom is -0.506 e. The molecule has 7 aromatic carbocycles. The van der Waals surface area contributed by atoms with Crippen LogP contribution in [0.15, 0.2) is 146 Å². The van der Waals surface area contributed by atoms with Gasteiger partial charge in [0.2, 0.25) is 0 Å². The molecule has 6 N–H and O–H groups in total. The lowest BCUT2D eigenvalue weighted by Gasteiger charge is -2.17. The molecule has 0 aliphatic heterocycles. The molecular weight excluding hydrogens is 645 g/mol. The molecule has 7 rings (SSSR count). The quantitative estimate of drug-likeness (QED) is 0.0842. The number of phenolic OH excluding ortho intramolecular Hbond substituents is 2. The number of ether oxygens (including phenoxy) is 2. The monoisotopic (exact) mass is 674 g/mol. The second kappa shape index (κ2) is 14.8. The summed E-state index contributed by atoms with van der Waals surface area (Å²) in [6, 6.07) is 43.9. The van der Waals surface area contributed by atoms with Gasteiger partial charge < -0.3 is 31.2 Å². The molecule has 6 heteroatoms. The summed E-state index contributed by atoms with van der Waals surface area (Å²) in [6.07, 6.45) is 0. The summed E-state index contributed by atoms with van der Waals surface area (Å²) < 4.78 is 12.9. The van der Waals surface area contributed by atoms with Crippen molar-refractivity contribution in [1.29, 1.82) is 0 Å². The molecule has 0 heterocycles. The number of fused-ring (bicyclic) bond motifs is 1. The van der Waals surface area contributed by atoms with Crippen LogP contribution in [0.4, 0.5) is 11.4 Å². The lowest BCUT2D eigenvalue weighted by molar-refractivity contribution is 0.455. The van der Waals surface area contributed by atoms with Gasteiger partial charge in [-0.25, -0.2) is 0 Å². The van der Waals surface area contributed by atoms with E-state index in [2.05, 4.69) is 35.5 Å². The van der Waals surface area contributed by atoms with E-state index in [4.69, 9.17) is 20.9 Å². The number of nitrogen functional groups attached to an aromatic ring is 2. The molecule has 0 aromatic heterocycles. The van der Waals surface area contributed by atoms with Crippen LogP contribution in [0.5, 0.6) is 34.5 Å². The summed E-state index contributed by atoms with van der Waals surface area (Å²) in [5.41, 5.74) is 16.4. The Kier molecular flexibility index (Phi) is 9.34. The van der Waals surface area contributed by atoms with Crippen LogP contribution < -0.4 is 20.9 Å². The van der Waals surface area contributed by atoms with E-state index in [-0.39, 0.29) is 22.9 Å². The molecule has 52 heavy (non-hydrogen) atoms. The largest absolute Gasteiger partial charge is 0.506 e.